The Bertz CT molecular complexity index is 5780. The molecule has 0 aliphatic carbocycles. The lowest BCUT2D eigenvalue weighted by Crippen LogP contribution is -1.93. The molecule has 0 unspecified atom stereocenters. The Balaban J connectivity index is 0.0000000948. The average molecular weight is 1130 g/mol. The monoisotopic (exact) mass is 1130 g/mol. The molecule has 0 radical (unpaired) electrons. The summed E-state index contributed by atoms with van der Waals surface area (Å²) < 4.78 is 9.73. The van der Waals surface area contributed by atoms with Crippen LogP contribution in [0.15, 0.2) is 279 Å². The van der Waals surface area contributed by atoms with E-state index in [-0.39, 0.29) is 0 Å². The summed E-state index contributed by atoms with van der Waals surface area (Å²) in [6.07, 6.45) is 0. The highest BCUT2D eigenvalue weighted by molar-refractivity contribution is 6.23. The normalized spacial score (nSPS) is 11.8. The van der Waals surface area contributed by atoms with E-state index in [1.54, 1.807) is 0 Å². The van der Waals surface area contributed by atoms with Crippen LogP contribution in [0.1, 0.15) is 27.7 Å². The van der Waals surface area contributed by atoms with Crippen LogP contribution in [0.4, 0.5) is 0 Å². The number of para-hydroxylation sites is 1. The molecule has 4 nitrogen and oxygen atoms in total. The Morgan fingerprint density at radius 2 is 0.466 bits per heavy atom. The second-order valence-corrected chi connectivity index (χ2v) is 23.4. The van der Waals surface area contributed by atoms with Gasteiger partial charge in [-0.05, 0) is 171 Å². The van der Waals surface area contributed by atoms with E-state index in [1.807, 2.05) is 0 Å². The third-order valence-electron chi connectivity index (χ3n) is 18.7. The molecule has 0 fully saturated rings. The maximum atomic E-state index is 2.46. The zero-order valence-corrected chi connectivity index (χ0v) is 50.2. The van der Waals surface area contributed by atoms with Crippen molar-refractivity contribution in [2.45, 2.75) is 53.9 Å². The van der Waals surface area contributed by atoms with Gasteiger partial charge in [0.1, 0.15) is 0 Å². The van der Waals surface area contributed by atoms with Crippen molar-refractivity contribution in [2.75, 3.05) is 0 Å². The van der Waals surface area contributed by atoms with Gasteiger partial charge in [0.05, 0.1) is 5.52 Å². The first kappa shape index (κ1) is 52.8. The van der Waals surface area contributed by atoms with Crippen molar-refractivity contribution in [1.29, 1.82) is 0 Å². The minimum atomic E-state index is 0.979. The van der Waals surface area contributed by atoms with Gasteiger partial charge in [0.25, 0.3) is 0 Å². The number of aromatic nitrogens is 4. The van der Waals surface area contributed by atoms with Crippen molar-refractivity contribution in [1.82, 2.24) is 18.3 Å². The van der Waals surface area contributed by atoms with Gasteiger partial charge in [0.2, 0.25) is 0 Å². The number of hydrogen-bond acceptors (Lipinski definition) is 0. The topological polar surface area (TPSA) is 19.7 Å². The van der Waals surface area contributed by atoms with Gasteiger partial charge in [-0.15, -0.1) is 0 Å². The molecule has 4 heterocycles. The van der Waals surface area contributed by atoms with Gasteiger partial charge in [0, 0.05) is 113 Å². The molecule has 19 rings (SSSR count). The van der Waals surface area contributed by atoms with Crippen LogP contribution in [0.25, 0.3) is 163 Å². The van der Waals surface area contributed by atoms with Crippen LogP contribution < -0.4 is 0 Å². The summed E-state index contributed by atoms with van der Waals surface area (Å²) in [5.74, 6) is 0. The average Bonchev–Trinajstić information content (AvgIpc) is 2.83. The van der Waals surface area contributed by atoms with Gasteiger partial charge in [-0.25, -0.2) is 0 Å². The standard InChI is InChI=1S/3C22H17N.C18H15N/c1-2-23-21-13-17-9-5-3-7-15(17)11-19(21)20-12-16-8-4-6-10-18(16)14-22(20)23;1-2-23-20-12-11-15-7-5-6-10-18(15)22(20)19-13-16-8-3-4-9-17(16)14-21(19)23;1-2-23-21-14-17-9-4-3-8-16(17)13-20(21)19-12-11-15-7-5-6-10-18(15)22(19)23;1-2-19-17-10-6-5-9-15(17)16-11-13-7-3-4-8-14(13)12-18(16)19/h3*3-14H,2H2,1H3;3-12H,2H2,1H3. The number of aryl methyl sites for hydroxylation is 4. The van der Waals surface area contributed by atoms with Crippen LogP contribution in [0.5, 0.6) is 0 Å². The highest BCUT2D eigenvalue weighted by Crippen LogP contribution is 2.40. The van der Waals surface area contributed by atoms with Crippen LogP contribution in [0, 0.1) is 0 Å². The van der Waals surface area contributed by atoms with Crippen molar-refractivity contribution in [3.05, 3.63) is 279 Å². The summed E-state index contributed by atoms with van der Waals surface area (Å²) in [7, 11) is 0. The predicted molar refractivity (Wildman–Crippen MR) is 383 cm³/mol. The Labute approximate surface area is 510 Å². The molecular weight excluding hydrogens is 1060 g/mol. The molecule has 0 N–H and O–H groups in total. The maximum absolute atomic E-state index is 2.46. The summed E-state index contributed by atoms with van der Waals surface area (Å²) in [6, 6.07) is 102. The number of fused-ring (bicyclic) bond motifs is 21. The molecule has 19 aromatic rings. The van der Waals surface area contributed by atoms with E-state index in [0.717, 1.165) is 26.2 Å². The van der Waals surface area contributed by atoms with Gasteiger partial charge in [0.15, 0.2) is 0 Å². The minimum absolute atomic E-state index is 0.979. The largest absolute Gasteiger partial charge is 0.341 e. The Hall–Kier alpha value is -10.7. The minimum Gasteiger partial charge on any atom is -0.341 e. The Kier molecular flexibility index (Phi) is 13.0. The third-order valence-corrected chi connectivity index (χ3v) is 18.7. The lowest BCUT2D eigenvalue weighted by Gasteiger charge is -2.06. The summed E-state index contributed by atoms with van der Waals surface area (Å²) in [5, 5.41) is 29.3. The molecule has 0 atom stereocenters. The zero-order valence-electron chi connectivity index (χ0n) is 50.2. The van der Waals surface area contributed by atoms with Gasteiger partial charge in [-0.3, -0.25) is 0 Å². The summed E-state index contributed by atoms with van der Waals surface area (Å²) in [5.41, 5.74) is 10.7. The first-order chi connectivity index (χ1) is 43.5. The van der Waals surface area contributed by atoms with E-state index in [2.05, 4.69) is 325 Å². The molecule has 0 saturated carbocycles. The Morgan fingerprint density at radius 3 is 0.909 bits per heavy atom. The van der Waals surface area contributed by atoms with Crippen molar-refractivity contribution < 1.29 is 0 Å². The molecule has 0 amide bonds. The van der Waals surface area contributed by atoms with Crippen LogP contribution in [0.3, 0.4) is 0 Å². The van der Waals surface area contributed by atoms with E-state index >= 15 is 0 Å². The highest BCUT2D eigenvalue weighted by Gasteiger charge is 2.17. The molecule has 88 heavy (non-hydrogen) atoms. The second-order valence-electron chi connectivity index (χ2n) is 23.4. The third kappa shape index (κ3) is 8.65. The number of hydrogen-bond donors (Lipinski definition) is 0. The Morgan fingerprint density at radius 1 is 0.182 bits per heavy atom. The summed E-state index contributed by atoms with van der Waals surface area (Å²) >= 11 is 0. The van der Waals surface area contributed by atoms with Gasteiger partial charge < -0.3 is 18.3 Å². The molecule has 4 aromatic heterocycles. The fourth-order valence-electron chi connectivity index (χ4n) is 14.6. The van der Waals surface area contributed by atoms with Crippen molar-refractivity contribution in [2.24, 2.45) is 0 Å². The quantitative estimate of drug-likeness (QED) is 0.167. The summed E-state index contributed by atoms with van der Waals surface area (Å²) in [4.78, 5) is 0. The van der Waals surface area contributed by atoms with Crippen LogP contribution in [-0.2, 0) is 26.2 Å². The summed E-state index contributed by atoms with van der Waals surface area (Å²) in [6.45, 7) is 12.8. The van der Waals surface area contributed by atoms with Gasteiger partial charge in [-0.2, -0.15) is 0 Å². The molecule has 0 bridgehead atoms. The van der Waals surface area contributed by atoms with E-state index in [1.165, 1.54) is 163 Å². The number of rotatable bonds is 4. The lowest BCUT2D eigenvalue weighted by molar-refractivity contribution is 0.827. The van der Waals surface area contributed by atoms with Crippen LogP contribution in [0.2, 0.25) is 0 Å². The van der Waals surface area contributed by atoms with Gasteiger partial charge in [-0.1, -0.05) is 206 Å². The molecule has 422 valence electrons. The van der Waals surface area contributed by atoms with E-state index in [9.17, 15) is 0 Å². The maximum Gasteiger partial charge on any atom is 0.0570 e. The van der Waals surface area contributed by atoms with Crippen molar-refractivity contribution in [3.63, 3.8) is 0 Å². The number of benzene rings is 15. The highest BCUT2D eigenvalue weighted by atomic mass is 15.0. The molecule has 0 aliphatic rings. The SMILES string of the molecule is CCn1c2cc3ccccc3cc2c2c3ccccc3ccc21.CCn1c2cc3ccccc3cc2c2cc3ccccc3cc21.CCn1c2cc3ccccc3cc2c2ccc3ccccc3c21.CCn1c2ccccc2c2cc3ccccc3cc21. The zero-order chi connectivity index (χ0) is 59.0. The molecule has 15 aromatic carbocycles. The van der Waals surface area contributed by atoms with Crippen molar-refractivity contribution in [3.8, 4) is 0 Å². The molecule has 4 heteroatoms. The van der Waals surface area contributed by atoms with Crippen LogP contribution >= 0.6 is 0 Å². The fourth-order valence-corrected chi connectivity index (χ4v) is 14.6. The molecule has 0 saturated heterocycles. The lowest BCUT2D eigenvalue weighted by atomic mass is 10.0. The second kappa shape index (κ2) is 21.7. The first-order valence-electron chi connectivity index (χ1n) is 31.3. The molecule has 0 spiro atoms. The molecule has 0 aliphatic heterocycles. The smallest absolute Gasteiger partial charge is 0.0570 e. The van der Waals surface area contributed by atoms with Crippen LogP contribution in [-0.4, -0.2) is 18.3 Å². The predicted octanol–water partition coefficient (Wildman–Crippen LogP) is 23.3. The first-order valence-corrected chi connectivity index (χ1v) is 31.3. The van der Waals surface area contributed by atoms with E-state index in [4.69, 9.17) is 0 Å². The molecular formula is C84H66N4. The number of nitrogens with zero attached hydrogens (tertiary/aromatic N) is 4. The fraction of sp³-hybridized carbons (Fsp3) is 0.0952. The van der Waals surface area contributed by atoms with Gasteiger partial charge >= 0.3 is 0 Å². The van der Waals surface area contributed by atoms with E-state index in [0.29, 0.717) is 0 Å². The van der Waals surface area contributed by atoms with Crippen molar-refractivity contribution >= 4 is 163 Å². The van der Waals surface area contributed by atoms with E-state index < -0.39 is 0 Å².